The van der Waals surface area contributed by atoms with Gasteiger partial charge in [-0.25, -0.2) is 0 Å². The number of nitrogens with one attached hydrogen (secondary N) is 1. The zero-order valence-electron chi connectivity index (χ0n) is 8.90. The molecule has 1 unspecified atom stereocenters. The molecule has 0 saturated heterocycles. The van der Waals surface area contributed by atoms with E-state index in [4.69, 9.17) is 9.52 Å². The van der Waals surface area contributed by atoms with Crippen molar-refractivity contribution in [1.82, 2.24) is 5.32 Å². The van der Waals surface area contributed by atoms with Crippen molar-refractivity contribution in [2.75, 3.05) is 6.61 Å². The molecule has 15 heavy (non-hydrogen) atoms. The van der Waals surface area contributed by atoms with E-state index in [0.717, 1.165) is 12.2 Å². The van der Waals surface area contributed by atoms with Gasteiger partial charge in [0, 0.05) is 12.8 Å². The Balaban J connectivity index is 2.24. The van der Waals surface area contributed by atoms with Gasteiger partial charge in [0.05, 0.1) is 18.9 Å². The number of hydrogen-bond donors (Lipinski definition) is 2. The number of carbonyl (C=O) groups excluding carboxylic acids is 1. The third-order valence-electron chi connectivity index (χ3n) is 2.26. The van der Waals surface area contributed by atoms with E-state index in [1.807, 2.05) is 13.0 Å². The highest BCUT2D eigenvalue weighted by molar-refractivity contribution is 5.76. The first-order chi connectivity index (χ1) is 7.26. The summed E-state index contributed by atoms with van der Waals surface area (Å²) in [6.07, 6.45) is 3.32. The molecule has 0 aliphatic heterocycles. The van der Waals surface area contributed by atoms with Crippen molar-refractivity contribution >= 4 is 5.91 Å². The summed E-state index contributed by atoms with van der Waals surface area (Å²) in [7, 11) is 0. The highest BCUT2D eigenvalue weighted by Crippen LogP contribution is 2.03. The van der Waals surface area contributed by atoms with E-state index in [2.05, 4.69) is 5.32 Å². The number of aliphatic hydroxyl groups is 1. The second-order valence-electron chi connectivity index (χ2n) is 3.43. The zero-order chi connectivity index (χ0) is 11.1. The van der Waals surface area contributed by atoms with Gasteiger partial charge in [-0.05, 0) is 18.6 Å². The average Bonchev–Trinajstić information content (AvgIpc) is 2.75. The monoisotopic (exact) mass is 211 g/mol. The molecule has 0 spiro atoms. The third kappa shape index (κ3) is 4.16. The quantitative estimate of drug-likeness (QED) is 0.740. The Hall–Kier alpha value is -1.29. The number of hydrogen-bond acceptors (Lipinski definition) is 3. The number of aliphatic hydroxyl groups excluding tert-OH is 1. The van der Waals surface area contributed by atoms with Crippen LogP contribution in [0.2, 0.25) is 0 Å². The van der Waals surface area contributed by atoms with E-state index in [9.17, 15) is 4.79 Å². The Labute approximate surface area is 89.3 Å². The maximum atomic E-state index is 11.4. The van der Waals surface area contributed by atoms with Crippen LogP contribution in [0.25, 0.3) is 0 Å². The summed E-state index contributed by atoms with van der Waals surface area (Å²) in [6, 6.07) is 3.51. The van der Waals surface area contributed by atoms with Crippen LogP contribution in [0.4, 0.5) is 0 Å². The molecule has 2 N–H and O–H groups in total. The van der Waals surface area contributed by atoms with Crippen molar-refractivity contribution in [3.8, 4) is 0 Å². The Morgan fingerprint density at radius 2 is 2.47 bits per heavy atom. The van der Waals surface area contributed by atoms with E-state index in [1.54, 1.807) is 12.3 Å². The van der Waals surface area contributed by atoms with Crippen LogP contribution in [0.1, 0.15) is 25.5 Å². The van der Waals surface area contributed by atoms with Gasteiger partial charge in [-0.15, -0.1) is 0 Å². The number of aryl methyl sites for hydroxylation is 1. The minimum Gasteiger partial charge on any atom is -0.469 e. The zero-order valence-corrected chi connectivity index (χ0v) is 8.90. The van der Waals surface area contributed by atoms with Gasteiger partial charge in [0.2, 0.25) is 5.91 Å². The molecule has 0 saturated carbocycles. The molecule has 4 heteroatoms. The highest BCUT2D eigenvalue weighted by atomic mass is 16.3. The SMILES string of the molecule is CCC(CO)NC(=O)CCc1ccco1. The molecule has 0 aliphatic carbocycles. The van der Waals surface area contributed by atoms with Gasteiger partial charge in [0.15, 0.2) is 0 Å². The lowest BCUT2D eigenvalue weighted by molar-refractivity contribution is -0.122. The van der Waals surface area contributed by atoms with Gasteiger partial charge in [-0.3, -0.25) is 4.79 Å². The van der Waals surface area contributed by atoms with Gasteiger partial charge in [-0.1, -0.05) is 6.92 Å². The average molecular weight is 211 g/mol. The van der Waals surface area contributed by atoms with E-state index < -0.39 is 0 Å². The van der Waals surface area contributed by atoms with Crippen molar-refractivity contribution in [3.05, 3.63) is 24.2 Å². The Morgan fingerprint density at radius 1 is 1.67 bits per heavy atom. The molecule has 0 aliphatic rings. The highest BCUT2D eigenvalue weighted by Gasteiger charge is 2.09. The number of rotatable bonds is 6. The van der Waals surface area contributed by atoms with Crippen LogP contribution in [0.15, 0.2) is 22.8 Å². The van der Waals surface area contributed by atoms with Gasteiger partial charge < -0.3 is 14.8 Å². The van der Waals surface area contributed by atoms with Crippen LogP contribution < -0.4 is 5.32 Å². The van der Waals surface area contributed by atoms with Gasteiger partial charge in [-0.2, -0.15) is 0 Å². The number of carbonyl (C=O) groups is 1. The molecule has 1 aromatic heterocycles. The second-order valence-corrected chi connectivity index (χ2v) is 3.43. The fourth-order valence-electron chi connectivity index (χ4n) is 1.27. The number of furan rings is 1. The maximum Gasteiger partial charge on any atom is 0.220 e. The van der Waals surface area contributed by atoms with Crippen molar-refractivity contribution < 1.29 is 14.3 Å². The summed E-state index contributed by atoms with van der Waals surface area (Å²) >= 11 is 0. The summed E-state index contributed by atoms with van der Waals surface area (Å²) in [4.78, 5) is 11.4. The standard InChI is InChI=1S/C11H17NO3/c1-2-9(8-13)12-11(14)6-5-10-4-3-7-15-10/h3-4,7,9,13H,2,5-6,8H2,1H3,(H,12,14). The third-order valence-corrected chi connectivity index (χ3v) is 2.26. The Bertz CT molecular complexity index is 278. The van der Waals surface area contributed by atoms with Crippen molar-refractivity contribution in [1.29, 1.82) is 0 Å². The smallest absolute Gasteiger partial charge is 0.220 e. The first-order valence-corrected chi connectivity index (χ1v) is 5.18. The Kier molecular flexibility index (Phi) is 4.90. The molecule has 0 aromatic carbocycles. The first kappa shape index (κ1) is 11.8. The molecule has 1 atom stereocenters. The fraction of sp³-hybridized carbons (Fsp3) is 0.545. The van der Waals surface area contributed by atoms with E-state index in [0.29, 0.717) is 12.8 Å². The second kappa shape index (κ2) is 6.24. The van der Waals surface area contributed by atoms with Gasteiger partial charge in [0.25, 0.3) is 0 Å². The molecule has 4 nitrogen and oxygen atoms in total. The summed E-state index contributed by atoms with van der Waals surface area (Å²) in [5.41, 5.74) is 0. The van der Waals surface area contributed by atoms with Crippen LogP contribution in [0.5, 0.6) is 0 Å². The molecule has 0 bridgehead atoms. The van der Waals surface area contributed by atoms with Crippen molar-refractivity contribution in [3.63, 3.8) is 0 Å². The minimum atomic E-state index is -0.130. The molecule has 1 heterocycles. The predicted molar refractivity (Wildman–Crippen MR) is 56.3 cm³/mol. The van der Waals surface area contributed by atoms with Crippen LogP contribution in [0.3, 0.4) is 0 Å². The lowest BCUT2D eigenvalue weighted by atomic mass is 10.2. The van der Waals surface area contributed by atoms with E-state index >= 15 is 0 Å². The molecule has 84 valence electrons. The molecule has 1 amide bonds. The van der Waals surface area contributed by atoms with E-state index in [1.165, 1.54) is 0 Å². The van der Waals surface area contributed by atoms with Gasteiger partial charge >= 0.3 is 0 Å². The molecular formula is C11H17NO3. The Morgan fingerprint density at radius 3 is 3.00 bits per heavy atom. The largest absolute Gasteiger partial charge is 0.469 e. The number of amides is 1. The van der Waals surface area contributed by atoms with Gasteiger partial charge in [0.1, 0.15) is 5.76 Å². The van der Waals surface area contributed by atoms with Crippen LogP contribution in [0, 0.1) is 0 Å². The molecule has 1 rings (SSSR count). The molecule has 0 radical (unpaired) electrons. The normalized spacial score (nSPS) is 12.4. The lowest BCUT2D eigenvalue weighted by Gasteiger charge is -2.13. The lowest BCUT2D eigenvalue weighted by Crippen LogP contribution is -2.36. The van der Waals surface area contributed by atoms with Crippen LogP contribution in [-0.4, -0.2) is 23.7 Å². The summed E-state index contributed by atoms with van der Waals surface area (Å²) in [6.45, 7) is 1.91. The topological polar surface area (TPSA) is 62.5 Å². The molecule has 0 fully saturated rings. The van der Waals surface area contributed by atoms with Crippen LogP contribution >= 0.6 is 0 Å². The first-order valence-electron chi connectivity index (χ1n) is 5.18. The summed E-state index contributed by atoms with van der Waals surface area (Å²) in [5.74, 6) is 0.759. The van der Waals surface area contributed by atoms with Crippen molar-refractivity contribution in [2.24, 2.45) is 0 Å². The fourth-order valence-corrected chi connectivity index (χ4v) is 1.27. The van der Waals surface area contributed by atoms with E-state index in [-0.39, 0.29) is 18.6 Å². The molecule has 1 aromatic rings. The minimum absolute atomic E-state index is 0.0109. The maximum absolute atomic E-state index is 11.4. The predicted octanol–water partition coefficient (Wildman–Crippen LogP) is 1.10. The van der Waals surface area contributed by atoms with Crippen LogP contribution in [-0.2, 0) is 11.2 Å². The van der Waals surface area contributed by atoms with Crippen molar-refractivity contribution in [2.45, 2.75) is 32.2 Å². The summed E-state index contributed by atoms with van der Waals surface area (Å²) in [5, 5.41) is 11.6. The summed E-state index contributed by atoms with van der Waals surface area (Å²) < 4.78 is 5.11. The molecular weight excluding hydrogens is 194 g/mol.